The average molecular weight is 268 g/mol. The number of esters is 1. The first-order valence-electron chi connectivity index (χ1n) is 5.80. The zero-order valence-corrected chi connectivity index (χ0v) is 10.4. The fourth-order valence-electron chi connectivity index (χ4n) is 1.62. The first-order chi connectivity index (χ1) is 9.01. The van der Waals surface area contributed by atoms with Gasteiger partial charge < -0.3 is 20.1 Å². The van der Waals surface area contributed by atoms with Gasteiger partial charge in [0.1, 0.15) is 11.9 Å². The van der Waals surface area contributed by atoms with E-state index in [-0.39, 0.29) is 17.7 Å². The van der Waals surface area contributed by atoms with Gasteiger partial charge in [0.25, 0.3) is 0 Å². The van der Waals surface area contributed by atoms with Gasteiger partial charge in [-0.15, -0.1) is 0 Å². The Hall–Kier alpha value is -1.92. The van der Waals surface area contributed by atoms with E-state index in [9.17, 15) is 24.9 Å². The number of aliphatic hydroxyl groups is 2. The maximum absolute atomic E-state index is 11.2. The van der Waals surface area contributed by atoms with E-state index >= 15 is 0 Å². The van der Waals surface area contributed by atoms with Crippen LogP contribution >= 0.6 is 0 Å². The van der Waals surface area contributed by atoms with E-state index in [0.717, 1.165) is 0 Å². The highest BCUT2D eigenvalue weighted by Gasteiger charge is 2.25. The van der Waals surface area contributed by atoms with Gasteiger partial charge in [0.05, 0.1) is 24.7 Å². The highest BCUT2D eigenvalue weighted by molar-refractivity contribution is 5.80. The van der Waals surface area contributed by atoms with Gasteiger partial charge in [-0.2, -0.15) is 0 Å². The molecule has 0 aliphatic rings. The van der Waals surface area contributed by atoms with Crippen LogP contribution in [0.4, 0.5) is 0 Å². The molecule has 1 aromatic rings. The van der Waals surface area contributed by atoms with Crippen molar-refractivity contribution in [2.45, 2.75) is 25.6 Å². The molecule has 2 atom stereocenters. The number of hydrogen-bond donors (Lipinski definition) is 3. The highest BCUT2D eigenvalue weighted by Crippen LogP contribution is 2.29. The fourth-order valence-corrected chi connectivity index (χ4v) is 1.62. The maximum Gasteiger partial charge on any atom is 0.308 e. The van der Waals surface area contributed by atoms with Crippen molar-refractivity contribution in [3.8, 4) is 5.75 Å². The van der Waals surface area contributed by atoms with Crippen molar-refractivity contribution >= 4 is 12.3 Å². The van der Waals surface area contributed by atoms with E-state index in [2.05, 4.69) is 4.74 Å². The van der Waals surface area contributed by atoms with Gasteiger partial charge in [0.15, 0.2) is 6.29 Å². The van der Waals surface area contributed by atoms with Crippen LogP contribution in [-0.4, -0.2) is 40.3 Å². The van der Waals surface area contributed by atoms with Crippen molar-refractivity contribution in [2.75, 3.05) is 6.61 Å². The Bertz CT molecular complexity index is 456. The lowest BCUT2D eigenvalue weighted by Crippen LogP contribution is -2.23. The molecule has 6 nitrogen and oxygen atoms in total. The molecule has 0 radical (unpaired) electrons. The molecule has 0 heterocycles. The predicted octanol–water partition coefficient (Wildman–Crippen LogP) is 0.552. The zero-order chi connectivity index (χ0) is 14.4. The second-order valence-corrected chi connectivity index (χ2v) is 3.92. The molecule has 6 heteroatoms. The number of benzene rings is 1. The van der Waals surface area contributed by atoms with Crippen LogP contribution in [0.5, 0.6) is 5.75 Å². The van der Waals surface area contributed by atoms with Crippen molar-refractivity contribution in [1.29, 1.82) is 0 Å². The maximum atomic E-state index is 11.2. The summed E-state index contributed by atoms with van der Waals surface area (Å²) in [5.74, 6) is -1.06. The Morgan fingerprint density at radius 1 is 1.42 bits per heavy atom. The molecular formula is C13H16O6. The average Bonchev–Trinajstić information content (AvgIpc) is 2.38. The summed E-state index contributed by atoms with van der Waals surface area (Å²) in [7, 11) is 0. The number of hydrogen-bond acceptors (Lipinski definition) is 6. The Morgan fingerprint density at radius 3 is 2.68 bits per heavy atom. The molecule has 1 rings (SSSR count). The lowest BCUT2D eigenvalue weighted by atomic mass is 9.99. The first-order valence-corrected chi connectivity index (χ1v) is 5.80. The Morgan fingerprint density at radius 2 is 2.11 bits per heavy atom. The molecule has 0 saturated heterocycles. The number of para-hydroxylation sites is 1. The third-order valence-corrected chi connectivity index (χ3v) is 2.59. The summed E-state index contributed by atoms with van der Waals surface area (Å²) in [6.07, 6.45) is -2.88. The molecule has 1 aromatic carbocycles. The second-order valence-electron chi connectivity index (χ2n) is 3.92. The summed E-state index contributed by atoms with van der Waals surface area (Å²) < 4.78 is 4.64. The van der Waals surface area contributed by atoms with Crippen LogP contribution in [0.2, 0.25) is 0 Å². The number of ether oxygens (including phenoxy) is 1. The molecule has 0 saturated carbocycles. The van der Waals surface area contributed by atoms with Crippen LogP contribution in [-0.2, 0) is 9.53 Å². The van der Waals surface area contributed by atoms with E-state index in [1.165, 1.54) is 18.2 Å². The van der Waals surface area contributed by atoms with Gasteiger partial charge in [-0.1, -0.05) is 12.1 Å². The number of rotatable bonds is 6. The van der Waals surface area contributed by atoms with Crippen LogP contribution in [0.3, 0.4) is 0 Å². The summed E-state index contributed by atoms with van der Waals surface area (Å²) in [5.41, 5.74) is -0.0127. The molecule has 0 spiro atoms. The van der Waals surface area contributed by atoms with E-state index < -0.39 is 30.3 Å². The van der Waals surface area contributed by atoms with Crippen molar-refractivity contribution < 1.29 is 29.6 Å². The third kappa shape index (κ3) is 3.77. The monoisotopic (exact) mass is 268 g/mol. The number of carbonyl (C=O) groups is 2. The molecule has 2 unspecified atom stereocenters. The van der Waals surface area contributed by atoms with Gasteiger partial charge in [-0.25, -0.2) is 0 Å². The number of phenolic OH excluding ortho intramolecular Hbond substituents is 1. The number of aromatic hydroxyl groups is 1. The smallest absolute Gasteiger partial charge is 0.308 e. The third-order valence-electron chi connectivity index (χ3n) is 2.59. The standard InChI is InChI=1S/C13H16O6/c1-2-19-11(16)6-10(15)13(18)9-5-3-4-8(7-14)12(9)17/h3-5,7,10,13,15,17-18H,2,6H2,1H3. The molecule has 0 amide bonds. The molecule has 0 aliphatic carbocycles. The topological polar surface area (TPSA) is 104 Å². The van der Waals surface area contributed by atoms with Gasteiger partial charge in [-0.05, 0) is 13.0 Å². The molecule has 0 aliphatic heterocycles. The lowest BCUT2D eigenvalue weighted by Gasteiger charge is -2.18. The van der Waals surface area contributed by atoms with E-state index in [1.807, 2.05) is 0 Å². The minimum absolute atomic E-state index is 0.000107. The predicted molar refractivity (Wildman–Crippen MR) is 65.7 cm³/mol. The summed E-state index contributed by atoms with van der Waals surface area (Å²) in [4.78, 5) is 21.8. The molecule has 104 valence electrons. The second kappa shape index (κ2) is 6.86. The van der Waals surface area contributed by atoms with Crippen LogP contribution in [0.25, 0.3) is 0 Å². The molecule has 0 fully saturated rings. The Labute approximate surface area is 110 Å². The van der Waals surface area contributed by atoms with Crippen molar-refractivity contribution in [1.82, 2.24) is 0 Å². The van der Waals surface area contributed by atoms with Crippen molar-refractivity contribution in [3.63, 3.8) is 0 Å². The van der Waals surface area contributed by atoms with Gasteiger partial charge in [0, 0.05) is 5.56 Å². The SMILES string of the molecule is CCOC(=O)CC(O)C(O)c1cccc(C=O)c1O. The Balaban J connectivity index is 2.85. The number of phenols is 1. The van der Waals surface area contributed by atoms with Crippen LogP contribution < -0.4 is 0 Å². The largest absolute Gasteiger partial charge is 0.507 e. The normalized spacial score (nSPS) is 13.6. The highest BCUT2D eigenvalue weighted by atomic mass is 16.5. The molecule has 0 aromatic heterocycles. The first kappa shape index (κ1) is 15.1. The Kier molecular flexibility index (Phi) is 5.47. The van der Waals surface area contributed by atoms with Gasteiger partial charge in [-0.3, -0.25) is 9.59 Å². The van der Waals surface area contributed by atoms with Gasteiger partial charge in [0.2, 0.25) is 0 Å². The van der Waals surface area contributed by atoms with Crippen molar-refractivity contribution in [2.24, 2.45) is 0 Å². The summed E-state index contributed by atoms with van der Waals surface area (Å²) in [6.45, 7) is 1.80. The lowest BCUT2D eigenvalue weighted by molar-refractivity contribution is -0.147. The van der Waals surface area contributed by atoms with E-state index in [1.54, 1.807) is 6.92 Å². The number of aldehydes is 1. The van der Waals surface area contributed by atoms with Gasteiger partial charge >= 0.3 is 5.97 Å². The molecule has 3 N–H and O–H groups in total. The van der Waals surface area contributed by atoms with Crippen LogP contribution in [0.1, 0.15) is 35.4 Å². The number of aliphatic hydroxyl groups excluding tert-OH is 2. The van der Waals surface area contributed by atoms with Crippen molar-refractivity contribution in [3.05, 3.63) is 29.3 Å². The molecule has 0 bridgehead atoms. The minimum atomic E-state index is -1.48. The summed E-state index contributed by atoms with van der Waals surface area (Å²) in [5, 5.41) is 29.3. The molecule has 19 heavy (non-hydrogen) atoms. The van der Waals surface area contributed by atoms with Crippen LogP contribution in [0, 0.1) is 0 Å². The fraction of sp³-hybridized carbons (Fsp3) is 0.385. The quantitative estimate of drug-likeness (QED) is 0.514. The van der Waals surface area contributed by atoms with E-state index in [4.69, 9.17) is 0 Å². The summed E-state index contributed by atoms with van der Waals surface area (Å²) >= 11 is 0. The molecular weight excluding hydrogens is 252 g/mol. The minimum Gasteiger partial charge on any atom is -0.507 e. The summed E-state index contributed by atoms with van der Waals surface area (Å²) in [6, 6.07) is 4.19. The zero-order valence-electron chi connectivity index (χ0n) is 10.4. The van der Waals surface area contributed by atoms with Crippen LogP contribution in [0.15, 0.2) is 18.2 Å². The van der Waals surface area contributed by atoms with E-state index in [0.29, 0.717) is 6.29 Å². The number of carbonyl (C=O) groups excluding carboxylic acids is 2.